The lowest BCUT2D eigenvalue weighted by atomic mass is 10.1. The third kappa shape index (κ3) is 5.70. The van der Waals surface area contributed by atoms with Gasteiger partial charge in [-0.1, -0.05) is 13.8 Å². The predicted molar refractivity (Wildman–Crippen MR) is 141 cm³/mol. The Labute approximate surface area is 215 Å². The maximum Gasteiger partial charge on any atom is 0.261 e. The molecule has 0 bridgehead atoms. The molecule has 2 aromatic carbocycles. The fourth-order valence-electron chi connectivity index (χ4n) is 4.74. The second-order valence-electron chi connectivity index (χ2n) is 9.51. The highest BCUT2D eigenvalue weighted by molar-refractivity contribution is 5.83. The van der Waals surface area contributed by atoms with E-state index in [0.29, 0.717) is 29.6 Å². The Balaban J connectivity index is 1.82. The van der Waals surface area contributed by atoms with E-state index >= 15 is 8.78 Å². The first-order chi connectivity index (χ1) is 17.8. The van der Waals surface area contributed by atoms with E-state index in [1.807, 2.05) is 13.8 Å². The molecular weight excluding hydrogens is 480 g/mol. The Morgan fingerprint density at radius 1 is 1.14 bits per heavy atom. The van der Waals surface area contributed by atoms with Gasteiger partial charge >= 0.3 is 0 Å². The molecule has 1 aliphatic heterocycles. The summed E-state index contributed by atoms with van der Waals surface area (Å²) in [6.07, 6.45) is 3.87. The maximum atomic E-state index is 15.6. The molecule has 37 heavy (non-hydrogen) atoms. The maximum absolute atomic E-state index is 15.6. The first-order valence-corrected chi connectivity index (χ1v) is 12.7. The van der Waals surface area contributed by atoms with Gasteiger partial charge in [0.15, 0.2) is 23.1 Å². The lowest BCUT2D eigenvalue weighted by molar-refractivity contribution is 0.358. The average Bonchev–Trinajstić information content (AvgIpc) is 2.90. The van der Waals surface area contributed by atoms with Gasteiger partial charge in [-0.3, -0.25) is 9.36 Å². The van der Waals surface area contributed by atoms with Crippen molar-refractivity contribution in [3.63, 3.8) is 0 Å². The molecule has 2 N–H and O–H groups in total. The Kier molecular flexibility index (Phi) is 8.60. The average molecular weight is 516 g/mol. The number of halogens is 2. The van der Waals surface area contributed by atoms with Crippen molar-refractivity contribution in [1.29, 1.82) is 0 Å². The van der Waals surface area contributed by atoms with E-state index in [4.69, 9.17) is 9.47 Å². The number of fused-ring (bicyclic) bond motifs is 1. The normalized spacial score (nSPS) is 14.4. The number of hydrogen-bond donors (Lipinski definition) is 2. The van der Waals surface area contributed by atoms with Crippen LogP contribution in [0.3, 0.4) is 0 Å². The first-order valence-electron chi connectivity index (χ1n) is 12.7. The molecule has 200 valence electrons. The van der Waals surface area contributed by atoms with Gasteiger partial charge < -0.3 is 25.0 Å². The number of rotatable bonds is 10. The van der Waals surface area contributed by atoms with Crippen molar-refractivity contribution in [3.8, 4) is 11.5 Å². The zero-order valence-corrected chi connectivity index (χ0v) is 21.8. The van der Waals surface area contributed by atoms with Crippen LogP contribution in [0.4, 0.5) is 20.2 Å². The van der Waals surface area contributed by atoms with Crippen LogP contribution in [0, 0.1) is 11.6 Å². The lowest BCUT2D eigenvalue weighted by Gasteiger charge is -2.28. The number of nitrogens with one attached hydrogen (secondary N) is 2. The van der Waals surface area contributed by atoms with Crippen LogP contribution < -0.4 is 30.6 Å². The van der Waals surface area contributed by atoms with Gasteiger partial charge in [0.05, 0.1) is 31.4 Å². The number of piperidine rings is 1. The van der Waals surface area contributed by atoms with Crippen LogP contribution in [0.1, 0.15) is 39.2 Å². The van der Waals surface area contributed by atoms with Gasteiger partial charge in [0, 0.05) is 30.4 Å². The Morgan fingerprint density at radius 2 is 1.81 bits per heavy atom. The molecule has 0 unspecified atom stereocenters. The zero-order chi connectivity index (χ0) is 26.5. The van der Waals surface area contributed by atoms with E-state index in [9.17, 15) is 4.79 Å². The summed E-state index contributed by atoms with van der Waals surface area (Å²) in [5.41, 5.74) is 0.559. The quantitative estimate of drug-likeness (QED) is 0.393. The van der Waals surface area contributed by atoms with E-state index in [1.165, 1.54) is 20.3 Å². The third-order valence-corrected chi connectivity index (χ3v) is 6.71. The van der Waals surface area contributed by atoms with Crippen molar-refractivity contribution in [2.24, 2.45) is 0 Å². The van der Waals surface area contributed by atoms with Gasteiger partial charge in [0.2, 0.25) is 0 Å². The monoisotopic (exact) mass is 515 g/mol. The second kappa shape index (κ2) is 11.9. The summed E-state index contributed by atoms with van der Waals surface area (Å²) < 4.78 is 43.1. The Hall–Kier alpha value is -3.24. The summed E-state index contributed by atoms with van der Waals surface area (Å²) in [7, 11) is 2.64. The van der Waals surface area contributed by atoms with Gasteiger partial charge in [-0.15, -0.1) is 0 Å². The molecule has 0 radical (unpaired) electrons. The van der Waals surface area contributed by atoms with E-state index in [2.05, 4.69) is 15.6 Å². The standard InChI is InChI=1S/C27H35F2N5O3/c1-17(2)31-10-5-13-33(26-24(28)22(36-3)15-23(37-4)25(26)29)19-6-7-21-20(14-19)27(35)34(16-32-21)18-8-11-30-12-9-18/h6-7,14-18,30-31H,5,8-13H2,1-4H3. The number of benzene rings is 2. The van der Waals surface area contributed by atoms with Crippen molar-refractivity contribution >= 4 is 22.3 Å². The molecule has 0 amide bonds. The highest BCUT2D eigenvalue weighted by Crippen LogP contribution is 2.40. The highest BCUT2D eigenvalue weighted by atomic mass is 19.1. The topological polar surface area (TPSA) is 80.7 Å². The summed E-state index contributed by atoms with van der Waals surface area (Å²) in [5.74, 6) is -1.93. The number of aromatic nitrogens is 2. The molecule has 1 saturated heterocycles. The molecular formula is C27H35F2N5O3. The van der Waals surface area contributed by atoms with Crippen LogP contribution in [0.5, 0.6) is 11.5 Å². The van der Waals surface area contributed by atoms with Gasteiger partial charge in [-0.2, -0.15) is 0 Å². The van der Waals surface area contributed by atoms with Gasteiger partial charge in [0.25, 0.3) is 5.56 Å². The minimum absolute atomic E-state index is 0.0602. The van der Waals surface area contributed by atoms with E-state index < -0.39 is 11.6 Å². The van der Waals surface area contributed by atoms with Gasteiger partial charge in [-0.05, 0) is 57.1 Å². The number of nitrogens with zero attached hydrogens (tertiary/aromatic N) is 3. The van der Waals surface area contributed by atoms with Crippen LogP contribution >= 0.6 is 0 Å². The number of ether oxygens (including phenoxy) is 2. The van der Waals surface area contributed by atoms with Crippen LogP contribution in [-0.2, 0) is 0 Å². The molecule has 0 saturated carbocycles. The smallest absolute Gasteiger partial charge is 0.261 e. The summed E-state index contributed by atoms with van der Waals surface area (Å²) in [6, 6.07) is 6.64. The van der Waals surface area contributed by atoms with Crippen LogP contribution in [0.25, 0.3) is 10.9 Å². The predicted octanol–water partition coefficient (Wildman–Crippen LogP) is 4.14. The van der Waals surface area contributed by atoms with Crippen molar-refractivity contribution in [2.45, 2.75) is 45.2 Å². The molecule has 1 fully saturated rings. The van der Waals surface area contributed by atoms with E-state index in [-0.39, 0.29) is 41.4 Å². The lowest BCUT2D eigenvalue weighted by Crippen LogP contribution is -2.34. The number of hydrogen-bond acceptors (Lipinski definition) is 7. The van der Waals surface area contributed by atoms with E-state index in [0.717, 1.165) is 25.9 Å². The largest absolute Gasteiger partial charge is 0.493 e. The summed E-state index contributed by atoms with van der Waals surface area (Å²) >= 11 is 0. The molecule has 0 aliphatic carbocycles. The second-order valence-corrected chi connectivity index (χ2v) is 9.51. The molecule has 0 spiro atoms. The van der Waals surface area contributed by atoms with Gasteiger partial charge in [-0.25, -0.2) is 13.8 Å². The van der Waals surface area contributed by atoms with Crippen molar-refractivity contribution in [2.75, 3.05) is 45.3 Å². The summed E-state index contributed by atoms with van der Waals surface area (Å²) in [6.45, 7) is 6.68. The van der Waals surface area contributed by atoms with Crippen molar-refractivity contribution in [1.82, 2.24) is 20.2 Å². The fourth-order valence-corrected chi connectivity index (χ4v) is 4.74. The van der Waals surface area contributed by atoms with Crippen molar-refractivity contribution in [3.05, 3.63) is 52.6 Å². The molecule has 8 nitrogen and oxygen atoms in total. The van der Waals surface area contributed by atoms with Gasteiger partial charge in [0.1, 0.15) is 5.69 Å². The van der Waals surface area contributed by atoms with Crippen molar-refractivity contribution < 1.29 is 18.3 Å². The summed E-state index contributed by atoms with van der Waals surface area (Å²) in [5, 5.41) is 7.04. The molecule has 0 atom stereocenters. The summed E-state index contributed by atoms with van der Waals surface area (Å²) in [4.78, 5) is 19.5. The Morgan fingerprint density at radius 3 is 2.43 bits per heavy atom. The fraction of sp³-hybridized carbons (Fsp3) is 0.481. The Bertz CT molecular complexity index is 1260. The SMILES string of the molecule is COc1cc(OC)c(F)c(N(CCCNC(C)C)c2ccc3ncn(C4CCNCC4)c(=O)c3c2)c1F. The van der Waals surface area contributed by atoms with E-state index in [1.54, 1.807) is 34.0 Å². The van der Waals surface area contributed by atoms with Crippen LogP contribution in [0.15, 0.2) is 35.4 Å². The molecule has 2 heterocycles. The molecule has 4 rings (SSSR count). The highest BCUT2D eigenvalue weighted by Gasteiger charge is 2.26. The minimum atomic E-state index is -0.837. The number of anilines is 2. The minimum Gasteiger partial charge on any atom is -0.493 e. The van der Waals surface area contributed by atoms with Crippen LogP contribution in [0.2, 0.25) is 0 Å². The molecule has 10 heteroatoms. The third-order valence-electron chi connectivity index (χ3n) is 6.71. The first kappa shape index (κ1) is 26.8. The molecule has 1 aliphatic rings. The zero-order valence-electron chi connectivity index (χ0n) is 21.8. The molecule has 1 aromatic heterocycles. The van der Waals surface area contributed by atoms with Crippen LogP contribution in [-0.4, -0.2) is 56.0 Å². The molecule has 3 aromatic rings. The number of methoxy groups -OCH3 is 2.